The minimum absolute atomic E-state index is 0.00452. The fraction of sp³-hybridized carbons (Fsp3) is 0.0800. The van der Waals surface area contributed by atoms with E-state index in [2.05, 4.69) is 26.7 Å². The highest BCUT2D eigenvalue weighted by molar-refractivity contribution is 6.32. The molecule has 174 valence electrons. The quantitative estimate of drug-likeness (QED) is 0.202. The normalized spacial score (nSPS) is 11.4. The van der Waals surface area contributed by atoms with Crippen molar-refractivity contribution in [3.8, 4) is 6.07 Å². The maximum atomic E-state index is 11.9. The third-order valence-corrected chi connectivity index (χ3v) is 5.86. The molecule has 2 N–H and O–H groups in total. The first kappa shape index (κ1) is 24.0. The van der Waals surface area contributed by atoms with Gasteiger partial charge in [-0.1, -0.05) is 59.6 Å². The Kier molecular flexibility index (Phi) is 7.11. The van der Waals surface area contributed by atoms with Gasteiger partial charge in [0.25, 0.3) is 0 Å². The van der Waals surface area contributed by atoms with Gasteiger partial charge in [-0.3, -0.25) is 10.1 Å². The minimum Gasteiger partial charge on any atom is -0.334 e. The molecule has 8 nitrogen and oxygen atoms in total. The number of nitro groups is 1. The molecular weight excluding hydrogens is 487 g/mol. The first-order valence-corrected chi connectivity index (χ1v) is 11.2. The van der Waals surface area contributed by atoms with Crippen molar-refractivity contribution in [1.29, 1.82) is 5.26 Å². The van der Waals surface area contributed by atoms with Crippen LogP contribution in [-0.2, 0) is 0 Å². The average Bonchev–Trinajstić information content (AvgIpc) is 2.84. The highest BCUT2D eigenvalue weighted by Gasteiger charge is 2.25. The number of nitrogens with zero attached hydrogens (tertiary/aromatic N) is 4. The molecule has 1 unspecified atom stereocenters. The fourth-order valence-corrected chi connectivity index (χ4v) is 3.96. The number of nitriles is 1. The summed E-state index contributed by atoms with van der Waals surface area (Å²) in [5, 5.41) is 28.6. The van der Waals surface area contributed by atoms with Crippen LogP contribution in [0.15, 0.2) is 73.1 Å². The van der Waals surface area contributed by atoms with Crippen LogP contribution < -0.4 is 10.6 Å². The van der Waals surface area contributed by atoms with Crippen LogP contribution in [0.1, 0.15) is 22.6 Å². The van der Waals surface area contributed by atoms with Gasteiger partial charge in [-0.05, 0) is 53.9 Å². The summed E-state index contributed by atoms with van der Waals surface area (Å²) in [4.78, 5) is 19.5. The molecule has 1 heterocycles. The van der Waals surface area contributed by atoms with Crippen molar-refractivity contribution in [3.05, 3.63) is 110 Å². The Hall–Kier alpha value is -4.19. The van der Waals surface area contributed by atoms with Crippen molar-refractivity contribution in [2.75, 3.05) is 10.6 Å². The number of halogens is 2. The summed E-state index contributed by atoms with van der Waals surface area (Å²) in [7, 11) is 0. The van der Waals surface area contributed by atoms with E-state index in [4.69, 9.17) is 23.2 Å². The van der Waals surface area contributed by atoms with Crippen LogP contribution in [0.25, 0.3) is 0 Å². The van der Waals surface area contributed by atoms with Crippen LogP contribution in [0.2, 0.25) is 10.0 Å². The second-order valence-electron chi connectivity index (χ2n) is 7.59. The summed E-state index contributed by atoms with van der Waals surface area (Å²) in [5.41, 5.74) is 2.94. The van der Waals surface area contributed by atoms with E-state index in [9.17, 15) is 15.4 Å². The van der Waals surface area contributed by atoms with E-state index in [1.165, 1.54) is 6.33 Å². The van der Waals surface area contributed by atoms with E-state index in [1.54, 1.807) is 60.7 Å². The van der Waals surface area contributed by atoms with Crippen LogP contribution in [0.5, 0.6) is 0 Å². The van der Waals surface area contributed by atoms with Gasteiger partial charge in [0.1, 0.15) is 6.33 Å². The Balaban J connectivity index is 1.69. The Morgan fingerprint density at radius 3 is 2.29 bits per heavy atom. The lowest BCUT2D eigenvalue weighted by atomic mass is 9.91. The maximum Gasteiger partial charge on any atom is 0.353 e. The molecule has 10 heteroatoms. The summed E-state index contributed by atoms with van der Waals surface area (Å²) in [6, 6.07) is 21.7. The van der Waals surface area contributed by atoms with Gasteiger partial charge < -0.3 is 10.6 Å². The van der Waals surface area contributed by atoms with Crippen molar-refractivity contribution < 1.29 is 4.92 Å². The lowest BCUT2D eigenvalue weighted by Crippen LogP contribution is -2.07. The van der Waals surface area contributed by atoms with Crippen LogP contribution in [0.4, 0.5) is 28.7 Å². The summed E-state index contributed by atoms with van der Waals surface area (Å²) in [6.07, 6.45) is 1.23. The number of aromatic nitrogens is 2. The predicted octanol–water partition coefficient (Wildman–Crippen LogP) is 7.14. The van der Waals surface area contributed by atoms with Gasteiger partial charge in [-0.2, -0.15) is 5.26 Å². The number of anilines is 4. The molecule has 0 amide bonds. The summed E-state index contributed by atoms with van der Waals surface area (Å²) in [6.45, 7) is 1.81. The van der Waals surface area contributed by atoms with Gasteiger partial charge in [0.15, 0.2) is 0 Å². The smallest absolute Gasteiger partial charge is 0.334 e. The Bertz CT molecular complexity index is 1420. The molecule has 0 aliphatic rings. The number of para-hydroxylation sites is 1. The molecule has 0 bridgehead atoms. The maximum absolute atomic E-state index is 11.9. The third-order valence-electron chi connectivity index (χ3n) is 5.28. The second-order valence-corrected chi connectivity index (χ2v) is 8.44. The summed E-state index contributed by atoms with van der Waals surface area (Å²) in [5.74, 6) is -0.557. The molecule has 1 atom stereocenters. The van der Waals surface area contributed by atoms with Crippen LogP contribution in [-0.4, -0.2) is 14.9 Å². The topological polar surface area (TPSA) is 117 Å². The zero-order valence-electron chi connectivity index (χ0n) is 18.4. The van der Waals surface area contributed by atoms with Crippen LogP contribution >= 0.6 is 23.2 Å². The summed E-state index contributed by atoms with van der Waals surface area (Å²) < 4.78 is 0. The number of hydrogen-bond donors (Lipinski definition) is 2. The highest BCUT2D eigenvalue weighted by Crippen LogP contribution is 2.37. The van der Waals surface area contributed by atoms with Gasteiger partial charge in [-0.25, -0.2) is 9.97 Å². The first-order chi connectivity index (χ1) is 16.9. The molecular formula is C25H18Cl2N6O2. The van der Waals surface area contributed by atoms with Crippen molar-refractivity contribution in [1.82, 2.24) is 9.97 Å². The van der Waals surface area contributed by atoms with Crippen molar-refractivity contribution in [3.63, 3.8) is 0 Å². The monoisotopic (exact) mass is 504 g/mol. The molecule has 0 aliphatic carbocycles. The first-order valence-electron chi connectivity index (χ1n) is 10.4. The lowest BCUT2D eigenvalue weighted by molar-refractivity contribution is -0.383. The predicted molar refractivity (Wildman–Crippen MR) is 137 cm³/mol. The number of rotatable bonds is 7. The number of benzene rings is 3. The van der Waals surface area contributed by atoms with Crippen molar-refractivity contribution >= 4 is 51.9 Å². The summed E-state index contributed by atoms with van der Waals surface area (Å²) >= 11 is 12.5. The molecule has 0 radical (unpaired) electrons. The van der Waals surface area contributed by atoms with E-state index < -0.39 is 10.8 Å². The number of hydrogen-bond acceptors (Lipinski definition) is 7. The third kappa shape index (κ3) is 5.32. The number of aryl methyl sites for hydroxylation is 1. The largest absolute Gasteiger partial charge is 0.353 e. The van der Waals surface area contributed by atoms with Crippen molar-refractivity contribution in [2.45, 2.75) is 12.8 Å². The van der Waals surface area contributed by atoms with Crippen LogP contribution in [0, 0.1) is 28.4 Å². The van der Waals surface area contributed by atoms with E-state index in [0.29, 0.717) is 27.0 Å². The van der Waals surface area contributed by atoms with Gasteiger partial charge in [0.05, 0.1) is 16.9 Å². The lowest BCUT2D eigenvalue weighted by Gasteiger charge is -2.17. The second kappa shape index (κ2) is 10.4. The Labute approximate surface area is 211 Å². The molecule has 35 heavy (non-hydrogen) atoms. The molecule has 0 saturated heterocycles. The molecule has 4 aromatic rings. The van der Waals surface area contributed by atoms with Crippen molar-refractivity contribution in [2.24, 2.45) is 0 Å². The highest BCUT2D eigenvalue weighted by atomic mass is 35.5. The molecule has 0 saturated carbocycles. The molecule has 3 aromatic carbocycles. The Morgan fingerprint density at radius 2 is 1.66 bits per heavy atom. The minimum atomic E-state index is -0.609. The van der Waals surface area contributed by atoms with E-state index >= 15 is 0 Å². The van der Waals surface area contributed by atoms with Gasteiger partial charge in [-0.15, -0.1) is 0 Å². The molecule has 0 aliphatic heterocycles. The zero-order valence-corrected chi connectivity index (χ0v) is 19.9. The fourth-order valence-electron chi connectivity index (χ4n) is 3.56. The van der Waals surface area contributed by atoms with Gasteiger partial charge in [0.2, 0.25) is 11.6 Å². The van der Waals surface area contributed by atoms with E-state index in [-0.39, 0.29) is 17.3 Å². The molecule has 1 aromatic heterocycles. The standard InChI is InChI=1S/C25H18Cl2N6O2/c1-15-11-19(20(13-28)16-7-9-17(26)10-8-16)21(27)12-22(15)32-25-23(33(34)35)24(29-14-30-25)31-18-5-3-2-4-6-18/h2-12,14,20H,1H3,(H2,29,30,31,32). The van der Waals surface area contributed by atoms with E-state index in [0.717, 1.165) is 11.1 Å². The Morgan fingerprint density at radius 1 is 1.00 bits per heavy atom. The molecule has 0 spiro atoms. The zero-order chi connectivity index (χ0) is 24.9. The van der Waals surface area contributed by atoms with Gasteiger partial charge in [0, 0.05) is 21.4 Å². The molecule has 4 rings (SSSR count). The molecule has 0 fully saturated rings. The average molecular weight is 505 g/mol. The van der Waals surface area contributed by atoms with Gasteiger partial charge >= 0.3 is 5.69 Å². The van der Waals surface area contributed by atoms with E-state index in [1.807, 2.05) is 13.0 Å². The van der Waals surface area contributed by atoms with Crippen LogP contribution in [0.3, 0.4) is 0 Å². The number of nitrogens with one attached hydrogen (secondary N) is 2. The SMILES string of the molecule is Cc1cc(C(C#N)c2ccc(Cl)cc2)c(Cl)cc1Nc1ncnc(Nc2ccccc2)c1[N+](=O)[O-].